The normalized spacial score (nSPS) is 36.4. The fourth-order valence-electron chi connectivity index (χ4n) is 2.51. The van der Waals surface area contributed by atoms with Gasteiger partial charge in [0.1, 0.15) is 0 Å². The number of rotatable bonds is 4. The fraction of sp³-hybridized carbons (Fsp3) is 0.833. The highest BCUT2D eigenvalue weighted by molar-refractivity contribution is 5.12. The van der Waals surface area contributed by atoms with Gasteiger partial charge in [0.15, 0.2) is 0 Å². The van der Waals surface area contributed by atoms with Crippen molar-refractivity contribution in [3.05, 3.63) is 12.2 Å². The third-order valence-electron chi connectivity index (χ3n) is 3.49. The van der Waals surface area contributed by atoms with Gasteiger partial charge in [0, 0.05) is 6.04 Å². The Kier molecular flexibility index (Phi) is 2.73. The van der Waals surface area contributed by atoms with Crippen molar-refractivity contribution in [2.45, 2.75) is 39.2 Å². The smallest absolute Gasteiger partial charge is 0.0136 e. The van der Waals surface area contributed by atoms with Gasteiger partial charge in [0.25, 0.3) is 0 Å². The van der Waals surface area contributed by atoms with E-state index in [1.165, 1.54) is 25.8 Å². The molecule has 0 spiro atoms. The molecule has 0 radical (unpaired) electrons. The van der Waals surface area contributed by atoms with Crippen molar-refractivity contribution in [3.63, 3.8) is 0 Å². The number of hydrogen-bond acceptors (Lipinski definition) is 1. The molecule has 2 aliphatic rings. The van der Waals surface area contributed by atoms with E-state index >= 15 is 0 Å². The fourth-order valence-corrected chi connectivity index (χ4v) is 2.51. The highest BCUT2D eigenvalue weighted by Gasteiger charge is 2.40. The average molecular weight is 179 g/mol. The molecule has 2 rings (SSSR count). The summed E-state index contributed by atoms with van der Waals surface area (Å²) in [6, 6.07) is 0.808. The van der Waals surface area contributed by atoms with Crippen molar-refractivity contribution in [2.75, 3.05) is 6.54 Å². The summed E-state index contributed by atoms with van der Waals surface area (Å²) in [7, 11) is 0. The lowest BCUT2D eigenvalue weighted by molar-refractivity contribution is 0.162. The van der Waals surface area contributed by atoms with E-state index in [1.54, 1.807) is 0 Å². The van der Waals surface area contributed by atoms with Crippen LogP contribution in [0.15, 0.2) is 12.2 Å². The number of hydrogen-bond donors (Lipinski definition) is 1. The maximum absolute atomic E-state index is 3.67. The molecular formula is C12H21N. The zero-order valence-electron chi connectivity index (χ0n) is 8.79. The molecular weight excluding hydrogens is 158 g/mol. The second kappa shape index (κ2) is 3.83. The van der Waals surface area contributed by atoms with E-state index in [4.69, 9.17) is 0 Å². The summed E-state index contributed by atoms with van der Waals surface area (Å²) < 4.78 is 0. The molecule has 0 saturated heterocycles. The minimum Gasteiger partial charge on any atom is -0.313 e. The average Bonchev–Trinajstić information content (AvgIpc) is 2.40. The predicted molar refractivity (Wildman–Crippen MR) is 56.6 cm³/mol. The van der Waals surface area contributed by atoms with Crippen molar-refractivity contribution in [3.8, 4) is 0 Å². The summed E-state index contributed by atoms with van der Waals surface area (Å²) >= 11 is 0. The molecule has 1 saturated carbocycles. The Morgan fingerprint density at radius 1 is 1.46 bits per heavy atom. The number of nitrogens with one attached hydrogen (secondary N) is 1. The van der Waals surface area contributed by atoms with Crippen LogP contribution < -0.4 is 5.32 Å². The van der Waals surface area contributed by atoms with Crippen LogP contribution in [0.4, 0.5) is 0 Å². The lowest BCUT2D eigenvalue weighted by Crippen LogP contribution is -2.48. The summed E-state index contributed by atoms with van der Waals surface area (Å²) in [5.41, 5.74) is 0. The Balaban J connectivity index is 1.64. The molecule has 13 heavy (non-hydrogen) atoms. The van der Waals surface area contributed by atoms with Crippen molar-refractivity contribution in [1.29, 1.82) is 0 Å². The quantitative estimate of drug-likeness (QED) is 0.654. The van der Waals surface area contributed by atoms with Crippen LogP contribution in [0.3, 0.4) is 0 Å². The molecule has 2 aliphatic carbocycles. The molecule has 0 aliphatic heterocycles. The first kappa shape index (κ1) is 9.26. The molecule has 1 N–H and O–H groups in total. The molecule has 3 unspecified atom stereocenters. The van der Waals surface area contributed by atoms with Gasteiger partial charge in [0.05, 0.1) is 0 Å². The summed E-state index contributed by atoms with van der Waals surface area (Å²) in [4.78, 5) is 0. The topological polar surface area (TPSA) is 12.0 Å². The van der Waals surface area contributed by atoms with Crippen LogP contribution >= 0.6 is 0 Å². The molecule has 1 nitrogen and oxygen atoms in total. The van der Waals surface area contributed by atoms with Crippen LogP contribution in [0.5, 0.6) is 0 Å². The van der Waals surface area contributed by atoms with Crippen molar-refractivity contribution >= 4 is 0 Å². The molecule has 0 amide bonds. The van der Waals surface area contributed by atoms with Gasteiger partial charge in [-0.05, 0) is 43.6 Å². The molecule has 0 bridgehead atoms. The van der Waals surface area contributed by atoms with Crippen LogP contribution in [-0.4, -0.2) is 12.6 Å². The lowest BCUT2D eigenvalue weighted by atomic mass is 9.71. The molecule has 0 aromatic heterocycles. The minimum absolute atomic E-state index is 0.808. The van der Waals surface area contributed by atoms with Crippen molar-refractivity contribution < 1.29 is 0 Å². The van der Waals surface area contributed by atoms with E-state index in [0.29, 0.717) is 0 Å². The van der Waals surface area contributed by atoms with Crippen LogP contribution in [-0.2, 0) is 0 Å². The second-order valence-electron chi connectivity index (χ2n) is 4.98. The van der Waals surface area contributed by atoms with E-state index in [0.717, 1.165) is 23.8 Å². The molecule has 3 atom stereocenters. The molecule has 0 aromatic rings. The molecule has 0 aromatic carbocycles. The van der Waals surface area contributed by atoms with Gasteiger partial charge in [-0.15, -0.1) is 0 Å². The van der Waals surface area contributed by atoms with Gasteiger partial charge < -0.3 is 5.32 Å². The molecule has 1 fully saturated rings. The number of allylic oxidation sites excluding steroid dienone is 1. The first-order valence-corrected chi connectivity index (χ1v) is 5.67. The highest BCUT2D eigenvalue weighted by atomic mass is 14.9. The standard InChI is InChI=1S/C12H21N/c1-9(2)6-7-13-12-8-10-4-3-5-11(10)12/h3,5,9-13H,4,6-8H2,1-2H3. The molecule has 74 valence electrons. The monoisotopic (exact) mass is 179 g/mol. The first-order valence-electron chi connectivity index (χ1n) is 5.67. The van der Waals surface area contributed by atoms with Crippen LogP contribution in [0.2, 0.25) is 0 Å². The summed E-state index contributed by atoms with van der Waals surface area (Å²) in [6.45, 7) is 5.79. The predicted octanol–water partition coefficient (Wildman–Crippen LogP) is 2.59. The summed E-state index contributed by atoms with van der Waals surface area (Å²) in [5.74, 6) is 2.71. The van der Waals surface area contributed by atoms with E-state index in [2.05, 4.69) is 31.3 Å². The van der Waals surface area contributed by atoms with E-state index in [9.17, 15) is 0 Å². The Morgan fingerprint density at radius 2 is 2.31 bits per heavy atom. The van der Waals surface area contributed by atoms with Gasteiger partial charge in [0.2, 0.25) is 0 Å². The van der Waals surface area contributed by atoms with Gasteiger partial charge in [-0.3, -0.25) is 0 Å². The number of fused-ring (bicyclic) bond motifs is 1. The largest absolute Gasteiger partial charge is 0.313 e. The maximum Gasteiger partial charge on any atom is 0.0136 e. The second-order valence-corrected chi connectivity index (χ2v) is 4.98. The van der Waals surface area contributed by atoms with Crippen molar-refractivity contribution in [2.24, 2.45) is 17.8 Å². The molecule has 0 heterocycles. The van der Waals surface area contributed by atoms with Gasteiger partial charge in [-0.1, -0.05) is 26.0 Å². The lowest BCUT2D eigenvalue weighted by Gasteiger charge is -2.41. The maximum atomic E-state index is 3.67. The summed E-state index contributed by atoms with van der Waals surface area (Å²) in [6.07, 6.45) is 8.85. The van der Waals surface area contributed by atoms with E-state index in [1.807, 2.05) is 0 Å². The first-order chi connectivity index (χ1) is 6.27. The third-order valence-corrected chi connectivity index (χ3v) is 3.49. The third kappa shape index (κ3) is 1.96. The van der Waals surface area contributed by atoms with Crippen LogP contribution in [0.25, 0.3) is 0 Å². The summed E-state index contributed by atoms with van der Waals surface area (Å²) in [5, 5.41) is 3.67. The Morgan fingerprint density at radius 3 is 3.00 bits per heavy atom. The zero-order valence-corrected chi connectivity index (χ0v) is 8.79. The molecule has 1 heteroatoms. The van der Waals surface area contributed by atoms with E-state index in [-0.39, 0.29) is 0 Å². The Hall–Kier alpha value is -0.300. The SMILES string of the molecule is CC(C)CCNC1CC2CC=CC21. The van der Waals surface area contributed by atoms with Gasteiger partial charge in [-0.2, -0.15) is 0 Å². The van der Waals surface area contributed by atoms with E-state index < -0.39 is 0 Å². The van der Waals surface area contributed by atoms with Gasteiger partial charge >= 0.3 is 0 Å². The van der Waals surface area contributed by atoms with Gasteiger partial charge in [-0.25, -0.2) is 0 Å². The highest BCUT2D eigenvalue weighted by Crippen LogP contribution is 2.42. The minimum atomic E-state index is 0.808. The van der Waals surface area contributed by atoms with Crippen LogP contribution in [0.1, 0.15) is 33.1 Å². The van der Waals surface area contributed by atoms with Crippen molar-refractivity contribution in [1.82, 2.24) is 5.32 Å². The Bertz CT molecular complexity index is 195. The Labute approximate surface area is 81.6 Å². The zero-order chi connectivity index (χ0) is 9.26. The van der Waals surface area contributed by atoms with Crippen LogP contribution in [0, 0.1) is 17.8 Å².